The lowest BCUT2D eigenvalue weighted by atomic mass is 9.97. The standard InChI is InChI=1S/C30H39N5O4/c1-37-26-13-12-24(17-27(26)38-2)29-32-28(39-33-29)21-35-16-6-7-25(20-35)30(36)31-18-22-8-10-23(11-9-22)19-34-14-4-3-5-15-34/h8-13,17,25H,3-7,14-16,18-21H2,1-2H3,(H,31,36). The van der Waals surface area contributed by atoms with Crippen LogP contribution in [0, 0.1) is 5.92 Å². The van der Waals surface area contributed by atoms with Gasteiger partial charge in [-0.1, -0.05) is 35.8 Å². The van der Waals surface area contributed by atoms with Gasteiger partial charge in [-0.25, -0.2) is 0 Å². The van der Waals surface area contributed by atoms with Gasteiger partial charge < -0.3 is 19.3 Å². The van der Waals surface area contributed by atoms with Gasteiger partial charge in [0.15, 0.2) is 11.5 Å². The second kappa shape index (κ2) is 13.1. The molecule has 0 saturated carbocycles. The van der Waals surface area contributed by atoms with Gasteiger partial charge >= 0.3 is 0 Å². The lowest BCUT2D eigenvalue weighted by Gasteiger charge is -2.30. The SMILES string of the molecule is COc1ccc(-c2noc(CN3CCCC(C(=O)NCc4ccc(CN5CCCCC5)cc4)C3)n2)cc1OC. The van der Waals surface area contributed by atoms with Gasteiger partial charge in [0.1, 0.15) is 0 Å². The number of ether oxygens (including phenoxy) is 2. The first-order valence-electron chi connectivity index (χ1n) is 14.0. The Bertz CT molecular complexity index is 1220. The average Bonchev–Trinajstić information content (AvgIpc) is 3.45. The number of carbonyl (C=O) groups is 1. The number of piperidine rings is 2. The predicted molar refractivity (Wildman–Crippen MR) is 148 cm³/mol. The molecule has 0 aliphatic carbocycles. The van der Waals surface area contributed by atoms with E-state index in [2.05, 4.69) is 49.5 Å². The van der Waals surface area contributed by atoms with E-state index in [0.29, 0.717) is 42.8 Å². The van der Waals surface area contributed by atoms with Crippen LogP contribution in [0.2, 0.25) is 0 Å². The third kappa shape index (κ3) is 7.16. The Kier molecular flexibility index (Phi) is 9.11. The molecule has 1 N–H and O–H groups in total. The molecule has 9 heteroatoms. The van der Waals surface area contributed by atoms with Crippen molar-refractivity contribution in [2.24, 2.45) is 5.92 Å². The highest BCUT2D eigenvalue weighted by molar-refractivity contribution is 5.79. The highest BCUT2D eigenvalue weighted by Crippen LogP contribution is 2.31. The number of hydrogen-bond donors (Lipinski definition) is 1. The van der Waals surface area contributed by atoms with Crippen LogP contribution in [0.3, 0.4) is 0 Å². The summed E-state index contributed by atoms with van der Waals surface area (Å²) >= 11 is 0. The molecule has 2 aromatic carbocycles. The van der Waals surface area contributed by atoms with Crippen molar-refractivity contribution in [2.45, 2.75) is 51.7 Å². The molecule has 1 unspecified atom stereocenters. The summed E-state index contributed by atoms with van der Waals surface area (Å²) in [6.45, 7) is 6.05. The summed E-state index contributed by atoms with van der Waals surface area (Å²) in [6, 6.07) is 14.2. The van der Waals surface area contributed by atoms with Crippen LogP contribution in [0.15, 0.2) is 47.0 Å². The fraction of sp³-hybridized carbons (Fsp3) is 0.500. The zero-order valence-electron chi connectivity index (χ0n) is 23.0. The smallest absolute Gasteiger partial charge is 0.241 e. The van der Waals surface area contributed by atoms with E-state index in [1.165, 1.54) is 37.9 Å². The van der Waals surface area contributed by atoms with Crippen molar-refractivity contribution in [1.82, 2.24) is 25.3 Å². The summed E-state index contributed by atoms with van der Waals surface area (Å²) in [5, 5.41) is 7.30. The number of aromatic nitrogens is 2. The molecular weight excluding hydrogens is 494 g/mol. The van der Waals surface area contributed by atoms with Crippen molar-refractivity contribution in [1.29, 1.82) is 0 Å². The Morgan fingerprint density at radius 3 is 2.44 bits per heavy atom. The van der Waals surface area contributed by atoms with Crippen LogP contribution >= 0.6 is 0 Å². The molecule has 2 aliphatic rings. The number of likely N-dealkylation sites (tertiary alicyclic amines) is 2. The van der Waals surface area contributed by atoms with Crippen LogP contribution in [0.1, 0.15) is 49.1 Å². The molecule has 2 fully saturated rings. The number of nitrogens with zero attached hydrogens (tertiary/aromatic N) is 4. The van der Waals surface area contributed by atoms with Gasteiger partial charge in [-0.15, -0.1) is 0 Å². The zero-order chi connectivity index (χ0) is 27.0. The zero-order valence-corrected chi connectivity index (χ0v) is 23.0. The van der Waals surface area contributed by atoms with E-state index in [9.17, 15) is 4.79 Å². The minimum atomic E-state index is -0.0506. The Balaban J connectivity index is 1.10. The Morgan fingerprint density at radius 1 is 0.923 bits per heavy atom. The summed E-state index contributed by atoms with van der Waals surface area (Å²) < 4.78 is 16.2. The first-order chi connectivity index (χ1) is 19.1. The molecule has 0 bridgehead atoms. The van der Waals surface area contributed by atoms with Crippen LogP contribution < -0.4 is 14.8 Å². The third-order valence-corrected chi connectivity index (χ3v) is 7.69. The Hall–Kier alpha value is -3.43. The normalized spacial score (nSPS) is 18.6. The first kappa shape index (κ1) is 27.1. The van der Waals surface area contributed by atoms with E-state index in [1.807, 2.05) is 18.2 Å². The maximum absolute atomic E-state index is 13.0. The van der Waals surface area contributed by atoms with E-state index in [-0.39, 0.29) is 11.8 Å². The summed E-state index contributed by atoms with van der Waals surface area (Å²) in [5.74, 6) is 2.34. The number of amides is 1. The Morgan fingerprint density at radius 2 is 1.67 bits per heavy atom. The van der Waals surface area contributed by atoms with Gasteiger partial charge in [0.25, 0.3) is 0 Å². The fourth-order valence-electron chi connectivity index (χ4n) is 5.49. The van der Waals surface area contributed by atoms with E-state index in [4.69, 9.17) is 14.0 Å². The molecule has 0 spiro atoms. The minimum absolute atomic E-state index is 0.0506. The molecule has 2 aliphatic heterocycles. The second-order valence-corrected chi connectivity index (χ2v) is 10.5. The molecule has 9 nitrogen and oxygen atoms in total. The maximum atomic E-state index is 13.0. The summed E-state index contributed by atoms with van der Waals surface area (Å²) in [4.78, 5) is 22.3. The number of carbonyl (C=O) groups excluding carboxylic acids is 1. The van der Waals surface area contributed by atoms with Crippen molar-refractivity contribution in [2.75, 3.05) is 40.4 Å². The summed E-state index contributed by atoms with van der Waals surface area (Å²) in [6.07, 6.45) is 5.81. The van der Waals surface area contributed by atoms with Crippen LogP contribution in [0.4, 0.5) is 0 Å². The summed E-state index contributed by atoms with van der Waals surface area (Å²) in [5.41, 5.74) is 3.26. The highest BCUT2D eigenvalue weighted by atomic mass is 16.5. The van der Waals surface area contributed by atoms with E-state index in [0.717, 1.165) is 37.1 Å². The molecule has 5 rings (SSSR count). The highest BCUT2D eigenvalue weighted by Gasteiger charge is 2.27. The molecule has 1 aromatic heterocycles. The molecule has 208 valence electrons. The predicted octanol–water partition coefficient (Wildman–Crippen LogP) is 4.27. The summed E-state index contributed by atoms with van der Waals surface area (Å²) in [7, 11) is 3.20. The molecule has 39 heavy (non-hydrogen) atoms. The maximum Gasteiger partial charge on any atom is 0.241 e. The van der Waals surface area contributed by atoms with Gasteiger partial charge in [0, 0.05) is 25.2 Å². The molecule has 1 amide bonds. The molecule has 3 aromatic rings. The molecule has 1 atom stereocenters. The van der Waals surface area contributed by atoms with Crippen LogP contribution in [0.25, 0.3) is 11.4 Å². The fourth-order valence-corrected chi connectivity index (χ4v) is 5.49. The van der Waals surface area contributed by atoms with Crippen molar-refractivity contribution in [3.8, 4) is 22.9 Å². The van der Waals surface area contributed by atoms with Crippen LogP contribution in [0.5, 0.6) is 11.5 Å². The number of hydrogen-bond acceptors (Lipinski definition) is 8. The van der Waals surface area contributed by atoms with Gasteiger partial charge in [-0.2, -0.15) is 4.98 Å². The van der Waals surface area contributed by atoms with Crippen LogP contribution in [-0.4, -0.2) is 66.2 Å². The number of rotatable bonds is 10. The second-order valence-electron chi connectivity index (χ2n) is 10.5. The van der Waals surface area contributed by atoms with Gasteiger partial charge in [0.05, 0.1) is 26.7 Å². The number of methoxy groups -OCH3 is 2. The topological polar surface area (TPSA) is 93.0 Å². The average molecular weight is 534 g/mol. The molecule has 0 radical (unpaired) electrons. The van der Waals surface area contributed by atoms with E-state index >= 15 is 0 Å². The number of nitrogens with one attached hydrogen (secondary N) is 1. The van der Waals surface area contributed by atoms with Crippen molar-refractivity contribution in [3.63, 3.8) is 0 Å². The van der Waals surface area contributed by atoms with Crippen LogP contribution in [-0.2, 0) is 24.4 Å². The Labute approximate surface area is 230 Å². The number of benzene rings is 2. The van der Waals surface area contributed by atoms with E-state index < -0.39 is 0 Å². The molecular formula is C30H39N5O4. The molecule has 3 heterocycles. The first-order valence-corrected chi connectivity index (χ1v) is 14.0. The van der Waals surface area contributed by atoms with Crippen molar-refractivity contribution >= 4 is 5.91 Å². The largest absolute Gasteiger partial charge is 0.493 e. The van der Waals surface area contributed by atoms with Gasteiger partial charge in [0.2, 0.25) is 17.6 Å². The lowest BCUT2D eigenvalue weighted by Crippen LogP contribution is -2.42. The van der Waals surface area contributed by atoms with Gasteiger partial charge in [-0.05, 0) is 74.6 Å². The van der Waals surface area contributed by atoms with E-state index in [1.54, 1.807) is 14.2 Å². The molecule has 2 saturated heterocycles. The van der Waals surface area contributed by atoms with Crippen molar-refractivity contribution < 1.29 is 18.8 Å². The van der Waals surface area contributed by atoms with Crippen molar-refractivity contribution in [3.05, 3.63) is 59.5 Å². The monoisotopic (exact) mass is 533 g/mol. The third-order valence-electron chi connectivity index (χ3n) is 7.69. The van der Waals surface area contributed by atoms with Gasteiger partial charge in [-0.3, -0.25) is 14.6 Å². The minimum Gasteiger partial charge on any atom is -0.493 e. The quantitative estimate of drug-likeness (QED) is 0.413. The lowest BCUT2D eigenvalue weighted by molar-refractivity contribution is -0.127.